The molecule has 4 rings (SSSR count). The second kappa shape index (κ2) is 8.44. The summed E-state index contributed by atoms with van der Waals surface area (Å²) in [5.41, 5.74) is 5.63. The third kappa shape index (κ3) is 4.12. The number of allylic oxidation sites excluding steroid dienone is 1. The molecule has 4 bridgehead atoms. The summed E-state index contributed by atoms with van der Waals surface area (Å²) >= 11 is 0. The molecular formula is C20H28FN5O4. The Labute approximate surface area is 174 Å². The number of hydrogen-bond acceptors (Lipinski definition) is 8. The third-order valence-corrected chi connectivity index (χ3v) is 6.28. The van der Waals surface area contributed by atoms with E-state index in [1.165, 1.54) is 0 Å². The maximum atomic E-state index is 14.6. The second-order valence-electron chi connectivity index (χ2n) is 8.41. The zero-order valence-corrected chi connectivity index (χ0v) is 16.7. The smallest absolute Gasteiger partial charge is 0.222 e. The number of alkyl halides is 1. The van der Waals surface area contributed by atoms with E-state index in [0.717, 1.165) is 6.21 Å². The number of carbonyl (C=O) groups excluding carboxylic acids is 1. The predicted molar refractivity (Wildman–Crippen MR) is 108 cm³/mol. The molecule has 0 spiro atoms. The van der Waals surface area contributed by atoms with Gasteiger partial charge in [-0.2, -0.15) is 0 Å². The first-order valence-electron chi connectivity index (χ1n) is 10.3. The molecule has 6 N–H and O–H groups in total. The van der Waals surface area contributed by atoms with E-state index in [1.807, 2.05) is 19.1 Å². The van der Waals surface area contributed by atoms with E-state index >= 15 is 0 Å². The topological polar surface area (TPSA) is 142 Å². The largest absolute Gasteiger partial charge is 0.491 e. The number of nitrogens with two attached hydrogens (primary N) is 1. The molecule has 2 aliphatic heterocycles. The first kappa shape index (κ1) is 21.0. The highest BCUT2D eigenvalue weighted by Crippen LogP contribution is 2.39. The van der Waals surface area contributed by atoms with Crippen LogP contribution in [-0.2, 0) is 9.53 Å². The molecule has 0 aromatic heterocycles. The lowest BCUT2D eigenvalue weighted by Gasteiger charge is -2.33. The van der Waals surface area contributed by atoms with Crippen LogP contribution < -0.4 is 16.4 Å². The molecular weight excluding hydrogens is 393 g/mol. The predicted octanol–water partition coefficient (Wildman–Crippen LogP) is -0.639. The Bertz CT molecular complexity index is 800. The van der Waals surface area contributed by atoms with Crippen LogP contribution >= 0.6 is 0 Å². The van der Waals surface area contributed by atoms with Crippen molar-refractivity contribution in [1.82, 2.24) is 10.6 Å². The number of fused-ring (bicyclic) bond motifs is 3. The lowest BCUT2D eigenvalue weighted by atomic mass is 9.89. The zero-order chi connectivity index (χ0) is 21.4. The Balaban J connectivity index is 1.68. The van der Waals surface area contributed by atoms with Gasteiger partial charge in [0.25, 0.3) is 0 Å². The number of ether oxygens (including phenoxy) is 1. The van der Waals surface area contributed by atoms with Crippen molar-refractivity contribution >= 4 is 18.0 Å². The van der Waals surface area contributed by atoms with Gasteiger partial charge in [-0.25, -0.2) is 9.38 Å². The molecule has 2 heterocycles. The number of amidine groups is 1. The van der Waals surface area contributed by atoms with Gasteiger partial charge < -0.3 is 26.0 Å². The first-order chi connectivity index (χ1) is 14.3. The average Bonchev–Trinajstić information content (AvgIpc) is 3.03. The summed E-state index contributed by atoms with van der Waals surface area (Å²) in [5, 5.41) is 27.7. The minimum absolute atomic E-state index is 0.0309. The van der Waals surface area contributed by atoms with Crippen LogP contribution in [0.4, 0.5) is 4.39 Å². The first-order valence-corrected chi connectivity index (χ1v) is 10.3. The molecule has 1 amide bonds. The fourth-order valence-electron chi connectivity index (χ4n) is 4.80. The number of amides is 1. The van der Waals surface area contributed by atoms with Crippen molar-refractivity contribution in [3.05, 3.63) is 24.0 Å². The molecule has 1 saturated carbocycles. The molecule has 1 fully saturated rings. The lowest BCUT2D eigenvalue weighted by Crippen LogP contribution is -2.54. The van der Waals surface area contributed by atoms with Gasteiger partial charge in [0, 0.05) is 24.2 Å². The van der Waals surface area contributed by atoms with Crippen molar-refractivity contribution in [3.8, 4) is 0 Å². The number of primary amides is 1. The van der Waals surface area contributed by atoms with E-state index in [-0.39, 0.29) is 24.4 Å². The van der Waals surface area contributed by atoms with Crippen LogP contribution in [0.5, 0.6) is 0 Å². The van der Waals surface area contributed by atoms with Gasteiger partial charge >= 0.3 is 0 Å². The number of carbonyl (C=O) groups is 1. The Morgan fingerprint density at radius 2 is 2.20 bits per heavy atom. The van der Waals surface area contributed by atoms with Crippen molar-refractivity contribution in [2.24, 2.45) is 33.5 Å². The third-order valence-electron chi connectivity index (χ3n) is 6.28. The van der Waals surface area contributed by atoms with Crippen LogP contribution in [0.2, 0.25) is 0 Å². The summed E-state index contributed by atoms with van der Waals surface area (Å²) in [6.45, 7) is 1.74. The van der Waals surface area contributed by atoms with Gasteiger partial charge in [-0.15, -0.1) is 0 Å². The number of aliphatic hydroxyl groups is 2. The molecule has 9 unspecified atom stereocenters. The van der Waals surface area contributed by atoms with Gasteiger partial charge in [0.05, 0.1) is 12.0 Å². The Morgan fingerprint density at radius 1 is 1.40 bits per heavy atom. The fourth-order valence-corrected chi connectivity index (χ4v) is 4.80. The number of aliphatic hydroxyl groups excluding tert-OH is 2. The maximum Gasteiger partial charge on any atom is 0.222 e. The Kier molecular flexibility index (Phi) is 5.90. The summed E-state index contributed by atoms with van der Waals surface area (Å²) in [6, 6.07) is -0.816. The van der Waals surface area contributed by atoms with E-state index < -0.39 is 48.5 Å². The molecule has 10 heteroatoms. The van der Waals surface area contributed by atoms with Crippen molar-refractivity contribution in [2.45, 2.75) is 56.5 Å². The highest BCUT2D eigenvalue weighted by Gasteiger charge is 2.49. The number of aliphatic imine (C=N–C) groups is 2. The molecule has 0 aromatic carbocycles. The van der Waals surface area contributed by atoms with Crippen LogP contribution in [0.1, 0.15) is 19.8 Å². The number of nitrogens with zero attached hydrogens (tertiary/aromatic N) is 2. The zero-order valence-electron chi connectivity index (χ0n) is 16.7. The highest BCUT2D eigenvalue weighted by atomic mass is 19.1. The van der Waals surface area contributed by atoms with Crippen LogP contribution in [0.15, 0.2) is 34.0 Å². The molecule has 4 aliphatic rings. The molecule has 0 saturated heterocycles. The maximum absolute atomic E-state index is 14.6. The van der Waals surface area contributed by atoms with E-state index in [4.69, 9.17) is 10.5 Å². The monoisotopic (exact) mass is 421 g/mol. The molecule has 0 radical (unpaired) electrons. The van der Waals surface area contributed by atoms with Gasteiger partial charge in [-0.1, -0.05) is 13.0 Å². The van der Waals surface area contributed by atoms with E-state index in [0.29, 0.717) is 18.6 Å². The minimum Gasteiger partial charge on any atom is -0.491 e. The summed E-state index contributed by atoms with van der Waals surface area (Å²) in [5.74, 6) is -1.29. The van der Waals surface area contributed by atoms with Crippen molar-refractivity contribution in [2.75, 3.05) is 6.61 Å². The Hall–Kier alpha value is -2.30. The van der Waals surface area contributed by atoms with Gasteiger partial charge in [-0.05, 0) is 30.9 Å². The number of rotatable bonds is 1. The standard InChI is InChI=1S/C20H28FN5O4/c1-9-5-12-16(15(9)18(22)29)25-19-13(21)7-23-20(26-19)24-10-3-2-4-11(6-10)30-8-14(27)17(12)28/h2,4,6-7,9-10,12-17,20,24,27-28H,3,5,8H2,1H3,(H2,22,29)(H,25,26). The molecule has 9 nitrogen and oxygen atoms in total. The van der Waals surface area contributed by atoms with E-state index in [1.54, 1.807) is 6.08 Å². The quantitative estimate of drug-likeness (QED) is 0.381. The normalized spacial score (nSPS) is 43.4. The van der Waals surface area contributed by atoms with Crippen LogP contribution in [0.25, 0.3) is 0 Å². The average molecular weight is 421 g/mol. The van der Waals surface area contributed by atoms with Crippen molar-refractivity contribution < 1.29 is 24.1 Å². The molecule has 9 atom stereocenters. The van der Waals surface area contributed by atoms with Crippen molar-refractivity contribution in [3.63, 3.8) is 0 Å². The number of hydrogen-bond donors (Lipinski definition) is 5. The SMILES string of the molecule is CC1CC2C(O)C(O)COC3=CC(CC=C3)NC3N=CC(F)C(=N3)NC2C1C(N)=O. The Morgan fingerprint density at radius 3 is 2.97 bits per heavy atom. The molecule has 164 valence electrons. The van der Waals surface area contributed by atoms with Crippen molar-refractivity contribution in [1.29, 1.82) is 0 Å². The van der Waals surface area contributed by atoms with Gasteiger partial charge in [0.15, 0.2) is 12.5 Å². The summed E-state index contributed by atoms with van der Waals surface area (Å²) in [4.78, 5) is 20.6. The van der Waals surface area contributed by atoms with E-state index in [2.05, 4.69) is 20.6 Å². The fraction of sp³-hybridized carbons (Fsp3) is 0.650. The van der Waals surface area contributed by atoms with Crippen LogP contribution in [0.3, 0.4) is 0 Å². The van der Waals surface area contributed by atoms with Crippen LogP contribution in [-0.4, -0.2) is 71.5 Å². The summed E-state index contributed by atoms with van der Waals surface area (Å²) in [6.07, 6.45) is 3.19. The summed E-state index contributed by atoms with van der Waals surface area (Å²) < 4.78 is 20.3. The minimum atomic E-state index is -1.57. The lowest BCUT2D eigenvalue weighted by molar-refractivity contribution is -0.123. The van der Waals surface area contributed by atoms with E-state index in [9.17, 15) is 19.4 Å². The number of nitrogens with one attached hydrogen (secondary N) is 2. The van der Waals surface area contributed by atoms with Crippen LogP contribution in [0, 0.1) is 17.8 Å². The highest BCUT2D eigenvalue weighted by molar-refractivity contribution is 6.01. The van der Waals surface area contributed by atoms with Gasteiger partial charge in [0.2, 0.25) is 5.91 Å². The van der Waals surface area contributed by atoms with Gasteiger partial charge in [0.1, 0.15) is 24.3 Å². The van der Waals surface area contributed by atoms with Gasteiger partial charge in [-0.3, -0.25) is 15.1 Å². The number of halogens is 1. The molecule has 0 aromatic rings. The molecule has 30 heavy (non-hydrogen) atoms. The summed E-state index contributed by atoms with van der Waals surface area (Å²) in [7, 11) is 0. The second-order valence-corrected chi connectivity index (χ2v) is 8.41. The molecule has 2 aliphatic carbocycles.